The summed E-state index contributed by atoms with van der Waals surface area (Å²) in [6.07, 6.45) is 0. The van der Waals surface area contributed by atoms with E-state index in [1.807, 2.05) is 48.5 Å². The molecule has 0 aliphatic rings. The fourth-order valence-electron chi connectivity index (χ4n) is 1.91. The SMILES string of the molecule is O=C(OCc1ccccc1)c1cc2cc(Br)ccc2o1. The Balaban J connectivity index is 1.75. The van der Waals surface area contributed by atoms with Gasteiger partial charge < -0.3 is 9.15 Å². The van der Waals surface area contributed by atoms with Gasteiger partial charge in [-0.05, 0) is 29.8 Å². The number of halogens is 1. The summed E-state index contributed by atoms with van der Waals surface area (Å²) >= 11 is 3.38. The summed E-state index contributed by atoms with van der Waals surface area (Å²) in [5.41, 5.74) is 1.61. The largest absolute Gasteiger partial charge is 0.455 e. The molecule has 0 atom stereocenters. The molecule has 0 aliphatic heterocycles. The minimum atomic E-state index is -0.457. The average molecular weight is 331 g/mol. The Morgan fingerprint density at radius 3 is 2.70 bits per heavy atom. The van der Waals surface area contributed by atoms with Crippen LogP contribution in [0, 0.1) is 0 Å². The molecule has 3 aromatic rings. The molecule has 0 unspecified atom stereocenters. The number of hydrogen-bond donors (Lipinski definition) is 0. The van der Waals surface area contributed by atoms with E-state index in [-0.39, 0.29) is 12.4 Å². The first kappa shape index (κ1) is 12.9. The number of benzene rings is 2. The van der Waals surface area contributed by atoms with Gasteiger partial charge in [-0.25, -0.2) is 4.79 Å². The molecule has 20 heavy (non-hydrogen) atoms. The van der Waals surface area contributed by atoms with Crippen molar-refractivity contribution < 1.29 is 13.9 Å². The molecular weight excluding hydrogens is 320 g/mol. The lowest BCUT2D eigenvalue weighted by atomic mass is 10.2. The van der Waals surface area contributed by atoms with Crippen LogP contribution in [0.3, 0.4) is 0 Å². The first-order valence-corrected chi connectivity index (χ1v) is 6.92. The molecule has 100 valence electrons. The molecule has 3 rings (SSSR count). The zero-order chi connectivity index (χ0) is 13.9. The van der Waals surface area contributed by atoms with E-state index in [4.69, 9.17) is 9.15 Å². The molecule has 0 amide bonds. The highest BCUT2D eigenvalue weighted by Gasteiger charge is 2.14. The molecule has 0 radical (unpaired) electrons. The molecule has 0 saturated carbocycles. The Morgan fingerprint density at radius 1 is 1.10 bits per heavy atom. The molecular formula is C16H11BrO3. The van der Waals surface area contributed by atoms with Crippen molar-refractivity contribution in [2.24, 2.45) is 0 Å². The summed E-state index contributed by atoms with van der Waals surface area (Å²) in [6.45, 7) is 0.237. The molecule has 0 aliphatic carbocycles. The van der Waals surface area contributed by atoms with Crippen molar-refractivity contribution in [1.82, 2.24) is 0 Å². The third-order valence-electron chi connectivity index (χ3n) is 2.89. The zero-order valence-electron chi connectivity index (χ0n) is 10.5. The Bertz CT molecular complexity index is 747. The first-order valence-electron chi connectivity index (χ1n) is 6.12. The Labute approximate surface area is 124 Å². The van der Waals surface area contributed by atoms with Crippen LogP contribution in [0.1, 0.15) is 16.1 Å². The minimum Gasteiger partial charge on any atom is -0.455 e. The molecule has 0 spiro atoms. The van der Waals surface area contributed by atoms with Crippen LogP contribution in [0.15, 0.2) is 63.5 Å². The molecule has 3 nitrogen and oxygen atoms in total. The standard InChI is InChI=1S/C16H11BrO3/c17-13-6-7-14-12(8-13)9-15(20-14)16(18)19-10-11-4-2-1-3-5-11/h1-9H,10H2. The molecule has 0 bridgehead atoms. The van der Waals surface area contributed by atoms with Crippen LogP contribution in [0.4, 0.5) is 0 Å². The maximum absolute atomic E-state index is 11.9. The molecule has 0 saturated heterocycles. The predicted octanol–water partition coefficient (Wildman–Crippen LogP) is 4.55. The highest BCUT2D eigenvalue weighted by molar-refractivity contribution is 9.10. The quantitative estimate of drug-likeness (QED) is 0.661. The second-order valence-electron chi connectivity index (χ2n) is 4.35. The third kappa shape index (κ3) is 2.75. The van der Waals surface area contributed by atoms with Crippen molar-refractivity contribution in [2.45, 2.75) is 6.61 Å². The molecule has 1 heterocycles. The Hall–Kier alpha value is -2.07. The minimum absolute atomic E-state index is 0.217. The van der Waals surface area contributed by atoms with Gasteiger partial charge in [-0.1, -0.05) is 46.3 Å². The van der Waals surface area contributed by atoms with Crippen LogP contribution in [0.25, 0.3) is 11.0 Å². The predicted molar refractivity (Wildman–Crippen MR) is 79.5 cm³/mol. The number of ether oxygens (including phenoxy) is 1. The van der Waals surface area contributed by atoms with Gasteiger partial charge in [0.2, 0.25) is 5.76 Å². The van der Waals surface area contributed by atoms with Gasteiger partial charge >= 0.3 is 5.97 Å². The van der Waals surface area contributed by atoms with E-state index >= 15 is 0 Å². The molecule has 0 fully saturated rings. The average Bonchev–Trinajstić information content (AvgIpc) is 2.89. The number of hydrogen-bond acceptors (Lipinski definition) is 3. The van der Waals surface area contributed by atoms with Gasteiger partial charge in [-0.15, -0.1) is 0 Å². The van der Waals surface area contributed by atoms with E-state index in [9.17, 15) is 4.79 Å². The summed E-state index contributed by atoms with van der Waals surface area (Å²) in [7, 11) is 0. The lowest BCUT2D eigenvalue weighted by Crippen LogP contribution is -2.03. The second-order valence-corrected chi connectivity index (χ2v) is 5.27. The van der Waals surface area contributed by atoms with Crippen molar-refractivity contribution in [2.75, 3.05) is 0 Å². The van der Waals surface area contributed by atoms with E-state index in [0.29, 0.717) is 5.58 Å². The van der Waals surface area contributed by atoms with E-state index in [2.05, 4.69) is 15.9 Å². The van der Waals surface area contributed by atoms with Crippen LogP contribution in [0.2, 0.25) is 0 Å². The monoisotopic (exact) mass is 330 g/mol. The molecule has 0 N–H and O–H groups in total. The molecule has 1 aromatic heterocycles. The molecule has 4 heteroatoms. The van der Waals surface area contributed by atoms with Crippen LogP contribution in [0.5, 0.6) is 0 Å². The molecule has 2 aromatic carbocycles. The maximum atomic E-state index is 11.9. The van der Waals surface area contributed by atoms with Crippen molar-refractivity contribution in [3.63, 3.8) is 0 Å². The van der Waals surface area contributed by atoms with Gasteiger partial charge in [-0.3, -0.25) is 0 Å². The van der Waals surface area contributed by atoms with Crippen molar-refractivity contribution in [3.05, 3.63) is 70.4 Å². The van der Waals surface area contributed by atoms with E-state index in [1.54, 1.807) is 6.07 Å². The van der Waals surface area contributed by atoms with Gasteiger partial charge in [0.15, 0.2) is 0 Å². The normalized spacial score (nSPS) is 10.7. The number of carbonyl (C=O) groups excluding carboxylic acids is 1. The van der Waals surface area contributed by atoms with Gasteiger partial charge in [0.25, 0.3) is 0 Å². The third-order valence-corrected chi connectivity index (χ3v) is 3.39. The topological polar surface area (TPSA) is 39.4 Å². The van der Waals surface area contributed by atoms with Crippen LogP contribution >= 0.6 is 15.9 Å². The number of furan rings is 1. The number of carbonyl (C=O) groups is 1. The maximum Gasteiger partial charge on any atom is 0.374 e. The summed E-state index contributed by atoms with van der Waals surface area (Å²) in [4.78, 5) is 11.9. The van der Waals surface area contributed by atoms with E-state index < -0.39 is 5.97 Å². The fraction of sp³-hybridized carbons (Fsp3) is 0.0625. The van der Waals surface area contributed by atoms with Crippen molar-refractivity contribution in [3.8, 4) is 0 Å². The van der Waals surface area contributed by atoms with E-state index in [1.165, 1.54) is 0 Å². The number of rotatable bonds is 3. The lowest BCUT2D eigenvalue weighted by Gasteiger charge is -2.02. The van der Waals surface area contributed by atoms with Gasteiger partial charge in [0.1, 0.15) is 12.2 Å². The fourth-order valence-corrected chi connectivity index (χ4v) is 2.29. The van der Waals surface area contributed by atoms with Gasteiger partial charge in [0.05, 0.1) is 0 Å². The Kier molecular flexibility index (Phi) is 3.56. The van der Waals surface area contributed by atoms with Gasteiger partial charge in [0, 0.05) is 9.86 Å². The number of esters is 1. The van der Waals surface area contributed by atoms with Crippen LogP contribution in [-0.2, 0) is 11.3 Å². The first-order chi connectivity index (χ1) is 9.72. The summed E-state index contributed by atoms with van der Waals surface area (Å²) < 4.78 is 11.6. The Morgan fingerprint density at radius 2 is 1.90 bits per heavy atom. The lowest BCUT2D eigenvalue weighted by molar-refractivity contribution is 0.0439. The van der Waals surface area contributed by atoms with Crippen molar-refractivity contribution in [1.29, 1.82) is 0 Å². The van der Waals surface area contributed by atoms with Crippen LogP contribution < -0.4 is 0 Å². The summed E-state index contributed by atoms with van der Waals surface area (Å²) in [5, 5.41) is 0.867. The zero-order valence-corrected chi connectivity index (χ0v) is 12.1. The highest BCUT2D eigenvalue weighted by atomic mass is 79.9. The summed E-state index contributed by atoms with van der Waals surface area (Å²) in [5.74, 6) is -0.241. The van der Waals surface area contributed by atoms with Gasteiger partial charge in [-0.2, -0.15) is 0 Å². The van der Waals surface area contributed by atoms with E-state index in [0.717, 1.165) is 15.4 Å². The smallest absolute Gasteiger partial charge is 0.374 e. The second kappa shape index (κ2) is 5.51. The summed E-state index contributed by atoms with van der Waals surface area (Å²) in [6, 6.07) is 16.8. The highest BCUT2D eigenvalue weighted by Crippen LogP contribution is 2.23. The van der Waals surface area contributed by atoms with Crippen molar-refractivity contribution >= 4 is 32.9 Å². The number of fused-ring (bicyclic) bond motifs is 1. The van der Waals surface area contributed by atoms with Crippen LogP contribution in [-0.4, -0.2) is 5.97 Å².